The standard InChI is InChI=1S/C11H16BrN3O/c1-2-15(7-11(14)16)10-4-8(6-13)3-9(12)5-10/h3-5H,2,6-7,13H2,1H3,(H2,14,16). The van der Waals surface area contributed by atoms with Crippen LogP contribution in [0.25, 0.3) is 0 Å². The molecule has 5 heteroatoms. The van der Waals surface area contributed by atoms with E-state index in [1.807, 2.05) is 30.0 Å². The van der Waals surface area contributed by atoms with Crippen LogP contribution in [0, 0.1) is 0 Å². The summed E-state index contributed by atoms with van der Waals surface area (Å²) < 4.78 is 0.952. The summed E-state index contributed by atoms with van der Waals surface area (Å²) in [6.45, 7) is 3.40. The maximum atomic E-state index is 10.9. The fourth-order valence-corrected chi connectivity index (χ4v) is 2.04. The van der Waals surface area contributed by atoms with Crippen LogP contribution in [0.2, 0.25) is 0 Å². The highest BCUT2D eigenvalue weighted by Crippen LogP contribution is 2.22. The van der Waals surface area contributed by atoms with E-state index in [9.17, 15) is 4.79 Å². The number of hydrogen-bond donors (Lipinski definition) is 2. The van der Waals surface area contributed by atoms with Crippen LogP contribution in [0.4, 0.5) is 5.69 Å². The second kappa shape index (κ2) is 5.86. The van der Waals surface area contributed by atoms with Crippen LogP contribution in [0.3, 0.4) is 0 Å². The zero-order valence-corrected chi connectivity index (χ0v) is 10.8. The number of nitrogens with two attached hydrogens (primary N) is 2. The predicted octanol–water partition coefficient (Wildman–Crippen LogP) is 1.22. The Morgan fingerprint density at radius 3 is 2.62 bits per heavy atom. The van der Waals surface area contributed by atoms with Gasteiger partial charge in [0.1, 0.15) is 0 Å². The van der Waals surface area contributed by atoms with Crippen LogP contribution in [0.5, 0.6) is 0 Å². The molecule has 0 saturated carbocycles. The molecule has 1 aromatic carbocycles. The average Bonchev–Trinajstić information content (AvgIpc) is 2.24. The molecule has 0 aliphatic carbocycles. The Bertz CT molecular complexity index is 381. The normalized spacial score (nSPS) is 10.2. The van der Waals surface area contributed by atoms with Crippen molar-refractivity contribution in [2.24, 2.45) is 11.5 Å². The van der Waals surface area contributed by atoms with Crippen molar-refractivity contribution in [3.63, 3.8) is 0 Å². The van der Waals surface area contributed by atoms with Crippen molar-refractivity contribution >= 4 is 27.5 Å². The van der Waals surface area contributed by atoms with E-state index < -0.39 is 0 Å². The first-order valence-corrected chi connectivity index (χ1v) is 5.89. The lowest BCUT2D eigenvalue weighted by Gasteiger charge is -2.22. The van der Waals surface area contributed by atoms with Crippen molar-refractivity contribution in [3.05, 3.63) is 28.2 Å². The molecule has 88 valence electrons. The molecular weight excluding hydrogens is 270 g/mol. The molecule has 0 radical (unpaired) electrons. The van der Waals surface area contributed by atoms with E-state index in [1.54, 1.807) is 0 Å². The highest BCUT2D eigenvalue weighted by atomic mass is 79.9. The summed E-state index contributed by atoms with van der Waals surface area (Å²) in [4.78, 5) is 12.8. The summed E-state index contributed by atoms with van der Waals surface area (Å²) in [5, 5.41) is 0. The first-order chi connectivity index (χ1) is 7.56. The molecule has 16 heavy (non-hydrogen) atoms. The van der Waals surface area contributed by atoms with Gasteiger partial charge in [-0.3, -0.25) is 4.79 Å². The van der Waals surface area contributed by atoms with Crippen molar-refractivity contribution in [3.8, 4) is 0 Å². The lowest BCUT2D eigenvalue weighted by atomic mass is 10.2. The van der Waals surface area contributed by atoms with Gasteiger partial charge >= 0.3 is 0 Å². The summed E-state index contributed by atoms with van der Waals surface area (Å²) in [5.74, 6) is -0.337. The number of rotatable bonds is 5. The quantitative estimate of drug-likeness (QED) is 0.854. The maximum Gasteiger partial charge on any atom is 0.236 e. The summed E-state index contributed by atoms with van der Waals surface area (Å²) >= 11 is 3.42. The van der Waals surface area contributed by atoms with Gasteiger partial charge in [-0.15, -0.1) is 0 Å². The Morgan fingerprint density at radius 2 is 2.12 bits per heavy atom. The van der Waals surface area contributed by atoms with Crippen LogP contribution in [0.1, 0.15) is 12.5 Å². The molecule has 0 spiro atoms. The first kappa shape index (κ1) is 13.0. The fraction of sp³-hybridized carbons (Fsp3) is 0.364. The van der Waals surface area contributed by atoms with Crippen molar-refractivity contribution in [2.45, 2.75) is 13.5 Å². The Hall–Kier alpha value is -1.07. The smallest absolute Gasteiger partial charge is 0.236 e. The second-order valence-corrected chi connectivity index (χ2v) is 4.42. The number of benzene rings is 1. The number of primary amides is 1. The third-order valence-electron chi connectivity index (χ3n) is 2.27. The number of hydrogen-bond acceptors (Lipinski definition) is 3. The molecule has 0 fully saturated rings. The molecule has 0 atom stereocenters. The van der Waals surface area contributed by atoms with E-state index in [4.69, 9.17) is 11.5 Å². The van der Waals surface area contributed by atoms with E-state index >= 15 is 0 Å². The Balaban J connectivity index is 2.99. The molecule has 0 unspecified atom stereocenters. The van der Waals surface area contributed by atoms with E-state index in [0.717, 1.165) is 22.3 Å². The minimum Gasteiger partial charge on any atom is -0.368 e. The molecule has 0 aliphatic rings. The highest BCUT2D eigenvalue weighted by molar-refractivity contribution is 9.10. The number of nitrogens with zero attached hydrogens (tertiary/aromatic N) is 1. The van der Waals surface area contributed by atoms with Crippen LogP contribution < -0.4 is 16.4 Å². The molecule has 0 bridgehead atoms. The molecule has 0 saturated heterocycles. The van der Waals surface area contributed by atoms with Crippen LogP contribution >= 0.6 is 15.9 Å². The SMILES string of the molecule is CCN(CC(N)=O)c1cc(Br)cc(CN)c1. The summed E-state index contributed by atoms with van der Waals surface area (Å²) in [6, 6.07) is 5.88. The molecule has 0 aromatic heterocycles. The maximum absolute atomic E-state index is 10.9. The summed E-state index contributed by atoms with van der Waals surface area (Å²) in [7, 11) is 0. The Kier molecular flexibility index (Phi) is 4.76. The van der Waals surface area contributed by atoms with E-state index in [0.29, 0.717) is 6.54 Å². The van der Waals surface area contributed by atoms with Gasteiger partial charge in [-0.25, -0.2) is 0 Å². The first-order valence-electron chi connectivity index (χ1n) is 5.09. The molecular formula is C11H16BrN3O. The molecule has 4 N–H and O–H groups in total. The molecule has 1 aromatic rings. The van der Waals surface area contributed by atoms with Crippen LogP contribution in [0.15, 0.2) is 22.7 Å². The predicted molar refractivity (Wildman–Crippen MR) is 69.1 cm³/mol. The van der Waals surface area contributed by atoms with Crippen molar-refractivity contribution in [1.29, 1.82) is 0 Å². The van der Waals surface area contributed by atoms with Gasteiger partial charge in [0.25, 0.3) is 0 Å². The van der Waals surface area contributed by atoms with Gasteiger partial charge in [-0.05, 0) is 30.7 Å². The molecule has 0 heterocycles. The minimum atomic E-state index is -0.337. The number of carbonyl (C=O) groups excluding carboxylic acids is 1. The number of carbonyl (C=O) groups is 1. The molecule has 0 aliphatic heterocycles. The van der Waals surface area contributed by atoms with Gasteiger partial charge in [-0.2, -0.15) is 0 Å². The number of halogens is 1. The number of likely N-dealkylation sites (N-methyl/N-ethyl adjacent to an activating group) is 1. The highest BCUT2D eigenvalue weighted by Gasteiger charge is 2.08. The van der Waals surface area contributed by atoms with Gasteiger partial charge in [0, 0.05) is 23.2 Å². The van der Waals surface area contributed by atoms with Gasteiger partial charge in [0.15, 0.2) is 0 Å². The Morgan fingerprint density at radius 1 is 1.44 bits per heavy atom. The average molecular weight is 286 g/mol. The topological polar surface area (TPSA) is 72.3 Å². The van der Waals surface area contributed by atoms with E-state index in [2.05, 4.69) is 15.9 Å². The molecule has 1 amide bonds. The lowest BCUT2D eigenvalue weighted by molar-refractivity contribution is -0.116. The third-order valence-corrected chi connectivity index (χ3v) is 2.73. The minimum absolute atomic E-state index is 0.219. The van der Waals surface area contributed by atoms with Gasteiger partial charge in [-0.1, -0.05) is 15.9 Å². The van der Waals surface area contributed by atoms with E-state index in [1.165, 1.54) is 0 Å². The van der Waals surface area contributed by atoms with Crippen molar-refractivity contribution in [2.75, 3.05) is 18.0 Å². The van der Waals surface area contributed by atoms with Gasteiger partial charge < -0.3 is 16.4 Å². The number of anilines is 1. The molecule has 4 nitrogen and oxygen atoms in total. The van der Waals surface area contributed by atoms with Gasteiger partial charge in [0.05, 0.1) is 6.54 Å². The third kappa shape index (κ3) is 3.50. The van der Waals surface area contributed by atoms with Crippen LogP contribution in [-0.2, 0) is 11.3 Å². The fourth-order valence-electron chi connectivity index (χ4n) is 1.51. The second-order valence-electron chi connectivity index (χ2n) is 3.50. The van der Waals surface area contributed by atoms with E-state index in [-0.39, 0.29) is 12.5 Å². The van der Waals surface area contributed by atoms with Gasteiger partial charge in [0.2, 0.25) is 5.91 Å². The largest absolute Gasteiger partial charge is 0.368 e. The zero-order chi connectivity index (χ0) is 12.1. The van der Waals surface area contributed by atoms with Crippen molar-refractivity contribution in [1.82, 2.24) is 0 Å². The van der Waals surface area contributed by atoms with Crippen molar-refractivity contribution < 1.29 is 4.79 Å². The monoisotopic (exact) mass is 285 g/mol. The lowest BCUT2D eigenvalue weighted by Crippen LogP contribution is -2.33. The zero-order valence-electron chi connectivity index (χ0n) is 9.24. The summed E-state index contributed by atoms with van der Waals surface area (Å²) in [5.41, 5.74) is 12.8. The number of amides is 1. The molecule has 1 rings (SSSR count). The Labute approximate surface area is 104 Å². The summed E-state index contributed by atoms with van der Waals surface area (Å²) in [6.07, 6.45) is 0. The van der Waals surface area contributed by atoms with Crippen LogP contribution in [-0.4, -0.2) is 19.0 Å².